The molecule has 22 heavy (non-hydrogen) atoms. The molecule has 0 aliphatic heterocycles. The maximum atomic E-state index is 10.3. The lowest BCUT2D eigenvalue weighted by Gasteiger charge is -2.29. The summed E-state index contributed by atoms with van der Waals surface area (Å²) in [7, 11) is 0. The number of carboxylic acids is 1. The van der Waals surface area contributed by atoms with Crippen LogP contribution < -0.4 is 5.11 Å². The first kappa shape index (κ1) is 19.3. The van der Waals surface area contributed by atoms with Gasteiger partial charge in [0.05, 0.1) is 0 Å². The number of unbranched alkanes of at least 4 members (excludes halogenated alkanes) is 9. The largest absolute Gasteiger partial charge is 0.550 e. The molecule has 1 unspecified atom stereocenters. The van der Waals surface area contributed by atoms with E-state index in [0.29, 0.717) is 0 Å². The van der Waals surface area contributed by atoms with Crippen LogP contribution in [0.4, 0.5) is 0 Å². The van der Waals surface area contributed by atoms with Gasteiger partial charge < -0.3 is 9.90 Å². The van der Waals surface area contributed by atoms with Crippen LogP contribution >= 0.6 is 0 Å². The van der Waals surface area contributed by atoms with Gasteiger partial charge in [0.15, 0.2) is 0 Å². The van der Waals surface area contributed by atoms with Crippen molar-refractivity contribution in [3.8, 4) is 0 Å². The van der Waals surface area contributed by atoms with Crippen molar-refractivity contribution in [3.63, 3.8) is 0 Å². The van der Waals surface area contributed by atoms with Crippen molar-refractivity contribution >= 4 is 5.97 Å². The molecule has 128 valence electrons. The van der Waals surface area contributed by atoms with Gasteiger partial charge in [-0.25, -0.2) is 0 Å². The normalized spacial score (nSPS) is 20.0. The monoisotopic (exact) mass is 307 g/mol. The van der Waals surface area contributed by atoms with E-state index < -0.39 is 5.97 Å². The number of carbonyl (C=O) groups excluding carboxylic acids is 1. The zero-order valence-corrected chi connectivity index (χ0v) is 14.5. The highest BCUT2D eigenvalue weighted by Gasteiger charge is 2.22. The van der Waals surface area contributed by atoms with Gasteiger partial charge in [0, 0.05) is 5.97 Å². The number of hydrogen-bond donors (Lipinski definition) is 0. The number of allylic oxidation sites excluding steroid dienone is 2. The predicted molar refractivity (Wildman–Crippen MR) is 91.4 cm³/mol. The van der Waals surface area contributed by atoms with Crippen LogP contribution in [0.3, 0.4) is 0 Å². The Kier molecular flexibility index (Phi) is 11.1. The summed E-state index contributed by atoms with van der Waals surface area (Å²) in [4.78, 5) is 10.3. The first-order valence-corrected chi connectivity index (χ1v) is 9.62. The Morgan fingerprint density at radius 3 is 1.68 bits per heavy atom. The zero-order valence-electron chi connectivity index (χ0n) is 14.5. The third-order valence-corrected chi connectivity index (χ3v) is 4.96. The molecule has 0 amide bonds. The smallest absolute Gasteiger partial charge is 0.0414 e. The maximum absolute atomic E-state index is 10.3. The van der Waals surface area contributed by atoms with Gasteiger partial charge in [-0.3, -0.25) is 0 Å². The molecule has 0 saturated heterocycles. The van der Waals surface area contributed by atoms with Crippen molar-refractivity contribution in [3.05, 3.63) is 12.2 Å². The lowest BCUT2D eigenvalue weighted by Crippen LogP contribution is -2.21. The Balaban J connectivity index is 1.88. The highest BCUT2D eigenvalue weighted by atomic mass is 16.4. The van der Waals surface area contributed by atoms with Crippen LogP contribution in [0.1, 0.15) is 96.8 Å². The van der Waals surface area contributed by atoms with Gasteiger partial charge >= 0.3 is 0 Å². The predicted octanol–water partition coefficient (Wildman–Crippen LogP) is 5.02. The molecule has 1 aliphatic carbocycles. The quantitative estimate of drug-likeness (QED) is 0.315. The Morgan fingerprint density at radius 2 is 1.23 bits per heavy atom. The number of carboxylic acid groups (broad SMARTS) is 1. The fourth-order valence-corrected chi connectivity index (χ4v) is 3.39. The molecular weight excluding hydrogens is 272 g/mol. The van der Waals surface area contributed by atoms with Crippen LogP contribution in [-0.2, 0) is 4.79 Å². The molecule has 0 aromatic rings. The fourth-order valence-electron chi connectivity index (χ4n) is 3.39. The second kappa shape index (κ2) is 12.7. The van der Waals surface area contributed by atoms with E-state index in [0.717, 1.165) is 24.7 Å². The molecule has 0 bridgehead atoms. The van der Waals surface area contributed by atoms with Crippen LogP contribution in [-0.4, -0.2) is 5.97 Å². The molecule has 0 N–H and O–H groups in total. The first-order chi connectivity index (χ1) is 10.7. The van der Waals surface area contributed by atoms with Crippen molar-refractivity contribution in [1.29, 1.82) is 0 Å². The topological polar surface area (TPSA) is 40.1 Å². The van der Waals surface area contributed by atoms with E-state index in [9.17, 15) is 9.90 Å². The van der Waals surface area contributed by atoms with Crippen LogP contribution in [0.2, 0.25) is 0 Å². The van der Waals surface area contributed by atoms with Crippen molar-refractivity contribution in [2.75, 3.05) is 0 Å². The van der Waals surface area contributed by atoms with Crippen molar-refractivity contribution in [1.82, 2.24) is 0 Å². The van der Waals surface area contributed by atoms with E-state index in [1.54, 1.807) is 0 Å². The van der Waals surface area contributed by atoms with E-state index in [2.05, 4.69) is 19.1 Å². The van der Waals surface area contributed by atoms with Crippen molar-refractivity contribution < 1.29 is 9.90 Å². The molecule has 0 radical (unpaired) electrons. The summed E-state index contributed by atoms with van der Waals surface area (Å²) in [6.07, 6.45) is 21.7. The second-order valence-corrected chi connectivity index (χ2v) is 6.95. The van der Waals surface area contributed by atoms with Gasteiger partial charge in [-0.1, -0.05) is 83.3 Å². The van der Waals surface area contributed by atoms with Crippen LogP contribution in [0, 0.1) is 11.8 Å². The van der Waals surface area contributed by atoms with E-state index in [1.807, 2.05) is 0 Å². The average molecular weight is 307 g/mol. The lowest BCUT2D eigenvalue weighted by atomic mass is 9.76. The summed E-state index contributed by atoms with van der Waals surface area (Å²) >= 11 is 0. The molecule has 0 fully saturated rings. The molecule has 2 atom stereocenters. The number of rotatable bonds is 15. The summed E-state index contributed by atoms with van der Waals surface area (Å²) in [5.41, 5.74) is 0. The standard InChI is InChI=1S/C20H36O2/c1-2-3-4-5-7-10-13-18-16-17-19(18)14-11-8-6-9-12-15-20(21)22/h16-19H,2-15H2,1H3,(H,21,22)/p-1/t18?,19-/m1/s1. The maximum Gasteiger partial charge on any atom is 0.0414 e. The zero-order chi connectivity index (χ0) is 16.0. The second-order valence-electron chi connectivity index (χ2n) is 6.95. The third kappa shape index (κ3) is 9.27. The average Bonchev–Trinajstić information content (AvgIpc) is 2.47. The van der Waals surface area contributed by atoms with Gasteiger partial charge in [-0.2, -0.15) is 0 Å². The summed E-state index contributed by atoms with van der Waals surface area (Å²) in [6.45, 7) is 2.27. The summed E-state index contributed by atoms with van der Waals surface area (Å²) in [6, 6.07) is 0. The molecule has 0 spiro atoms. The molecule has 2 nitrogen and oxygen atoms in total. The van der Waals surface area contributed by atoms with Crippen LogP contribution in [0.15, 0.2) is 12.2 Å². The minimum absolute atomic E-state index is 0.228. The molecule has 2 heteroatoms. The minimum atomic E-state index is -0.905. The first-order valence-electron chi connectivity index (χ1n) is 9.62. The Hall–Kier alpha value is -0.790. The third-order valence-electron chi connectivity index (χ3n) is 4.96. The minimum Gasteiger partial charge on any atom is -0.550 e. The van der Waals surface area contributed by atoms with E-state index in [1.165, 1.54) is 70.6 Å². The van der Waals surface area contributed by atoms with Gasteiger partial charge in [0.1, 0.15) is 0 Å². The van der Waals surface area contributed by atoms with Gasteiger partial charge in [-0.15, -0.1) is 0 Å². The molecule has 1 aliphatic rings. The Labute approximate surface area is 137 Å². The molecule has 0 saturated carbocycles. The fraction of sp³-hybridized carbons (Fsp3) is 0.850. The number of carbonyl (C=O) groups is 1. The summed E-state index contributed by atoms with van der Waals surface area (Å²) in [5, 5.41) is 10.3. The number of hydrogen-bond acceptors (Lipinski definition) is 2. The van der Waals surface area contributed by atoms with E-state index in [4.69, 9.17) is 0 Å². The molecule has 0 heterocycles. The van der Waals surface area contributed by atoms with Crippen molar-refractivity contribution in [2.24, 2.45) is 11.8 Å². The van der Waals surface area contributed by atoms with Gasteiger partial charge in [0.2, 0.25) is 0 Å². The Morgan fingerprint density at radius 1 is 0.773 bits per heavy atom. The van der Waals surface area contributed by atoms with Crippen LogP contribution in [0.25, 0.3) is 0 Å². The van der Waals surface area contributed by atoms with E-state index in [-0.39, 0.29) is 6.42 Å². The highest BCUT2D eigenvalue weighted by molar-refractivity contribution is 5.63. The summed E-state index contributed by atoms with van der Waals surface area (Å²) in [5.74, 6) is 0.778. The van der Waals surface area contributed by atoms with Gasteiger partial charge in [-0.05, 0) is 37.5 Å². The highest BCUT2D eigenvalue weighted by Crippen LogP contribution is 2.34. The molecule has 1 rings (SSSR count). The van der Waals surface area contributed by atoms with E-state index >= 15 is 0 Å². The van der Waals surface area contributed by atoms with Crippen molar-refractivity contribution in [2.45, 2.75) is 96.8 Å². The lowest BCUT2D eigenvalue weighted by molar-refractivity contribution is -0.305. The molecule has 0 aromatic carbocycles. The molecule has 0 aromatic heterocycles. The number of aliphatic carboxylic acids is 1. The van der Waals surface area contributed by atoms with Crippen LogP contribution in [0.5, 0.6) is 0 Å². The molecular formula is C20H35O2-. The Bertz CT molecular complexity index is 309. The van der Waals surface area contributed by atoms with Gasteiger partial charge in [0.25, 0.3) is 0 Å². The SMILES string of the molecule is CCCCCCCCC1C=C[C@H]1CCCCCCCC(=O)[O-]. The summed E-state index contributed by atoms with van der Waals surface area (Å²) < 4.78 is 0.